The van der Waals surface area contributed by atoms with Crippen molar-refractivity contribution in [2.75, 3.05) is 0 Å². The Labute approximate surface area is 77.8 Å². The van der Waals surface area contributed by atoms with Gasteiger partial charge in [0.15, 0.2) is 0 Å². The first-order valence-electron chi connectivity index (χ1n) is 4.25. The molecule has 0 bridgehead atoms. The minimum absolute atomic E-state index is 0.147. The van der Waals surface area contributed by atoms with E-state index < -0.39 is 12.1 Å². The number of nitrogens with two attached hydrogens (primary N) is 1. The third-order valence-corrected chi connectivity index (χ3v) is 2.06. The summed E-state index contributed by atoms with van der Waals surface area (Å²) >= 11 is 0. The molecular weight excluding hydrogens is 166 g/mol. The Morgan fingerprint density at radius 2 is 2.00 bits per heavy atom. The first kappa shape index (κ1) is 10.0. The van der Waals surface area contributed by atoms with Crippen LogP contribution in [0.3, 0.4) is 0 Å². The summed E-state index contributed by atoms with van der Waals surface area (Å²) < 4.78 is 0. The van der Waals surface area contributed by atoms with Crippen LogP contribution in [0, 0.1) is 6.92 Å². The van der Waals surface area contributed by atoms with E-state index in [1.54, 1.807) is 19.1 Å². The van der Waals surface area contributed by atoms with Gasteiger partial charge in [-0.15, -0.1) is 0 Å². The summed E-state index contributed by atoms with van der Waals surface area (Å²) in [4.78, 5) is 0. The number of aromatic hydroxyl groups is 1. The Morgan fingerprint density at radius 3 is 2.46 bits per heavy atom. The number of aliphatic hydroxyl groups excluding tert-OH is 1. The van der Waals surface area contributed by atoms with Gasteiger partial charge < -0.3 is 15.9 Å². The lowest BCUT2D eigenvalue weighted by Crippen LogP contribution is -2.23. The standard InChI is InChI=1S/C10H15NO2/c1-6-3-4-8(9(13)5-6)10(11)7(2)12/h3-5,7,10,12-13H,11H2,1-2H3/t7-,10-/m0/s1. The Balaban J connectivity index is 3.01. The lowest BCUT2D eigenvalue weighted by molar-refractivity contribution is 0.163. The van der Waals surface area contributed by atoms with Gasteiger partial charge in [-0.2, -0.15) is 0 Å². The van der Waals surface area contributed by atoms with Crippen molar-refractivity contribution < 1.29 is 10.2 Å². The molecule has 0 aliphatic carbocycles. The fourth-order valence-electron chi connectivity index (χ4n) is 1.20. The zero-order valence-corrected chi connectivity index (χ0v) is 7.86. The van der Waals surface area contributed by atoms with Crippen LogP contribution in [-0.2, 0) is 0 Å². The zero-order valence-electron chi connectivity index (χ0n) is 7.86. The number of aliphatic hydroxyl groups is 1. The number of phenolic OH excluding ortho intramolecular Hbond substituents is 1. The Morgan fingerprint density at radius 1 is 1.38 bits per heavy atom. The van der Waals surface area contributed by atoms with E-state index in [4.69, 9.17) is 5.73 Å². The highest BCUT2D eigenvalue weighted by Crippen LogP contribution is 2.25. The Bertz CT molecular complexity index is 297. The number of hydrogen-bond acceptors (Lipinski definition) is 3. The van der Waals surface area contributed by atoms with E-state index in [0.717, 1.165) is 5.56 Å². The summed E-state index contributed by atoms with van der Waals surface area (Å²) in [7, 11) is 0. The van der Waals surface area contributed by atoms with Gasteiger partial charge >= 0.3 is 0 Å². The lowest BCUT2D eigenvalue weighted by atomic mass is 10.0. The maximum Gasteiger partial charge on any atom is 0.120 e. The summed E-state index contributed by atoms with van der Waals surface area (Å²) in [5.41, 5.74) is 7.23. The van der Waals surface area contributed by atoms with Gasteiger partial charge in [-0.3, -0.25) is 0 Å². The summed E-state index contributed by atoms with van der Waals surface area (Å²) in [6.45, 7) is 3.49. The molecule has 3 nitrogen and oxygen atoms in total. The average molecular weight is 181 g/mol. The number of benzene rings is 1. The first-order valence-corrected chi connectivity index (χ1v) is 4.25. The van der Waals surface area contributed by atoms with Crippen LogP contribution in [0.15, 0.2) is 18.2 Å². The molecule has 0 aromatic heterocycles. The van der Waals surface area contributed by atoms with Crippen molar-refractivity contribution in [1.82, 2.24) is 0 Å². The Hall–Kier alpha value is -1.06. The quantitative estimate of drug-likeness (QED) is 0.639. The predicted molar refractivity (Wildman–Crippen MR) is 51.5 cm³/mol. The van der Waals surface area contributed by atoms with Crippen LogP contribution in [-0.4, -0.2) is 16.3 Å². The molecule has 0 fully saturated rings. The van der Waals surface area contributed by atoms with E-state index in [0.29, 0.717) is 5.56 Å². The van der Waals surface area contributed by atoms with Crippen LogP contribution < -0.4 is 5.73 Å². The van der Waals surface area contributed by atoms with Crippen LogP contribution in [0.1, 0.15) is 24.1 Å². The van der Waals surface area contributed by atoms with Gasteiger partial charge in [0.2, 0.25) is 0 Å². The van der Waals surface area contributed by atoms with Gasteiger partial charge in [-0.1, -0.05) is 12.1 Å². The topological polar surface area (TPSA) is 66.5 Å². The molecule has 4 N–H and O–H groups in total. The normalized spacial score (nSPS) is 15.4. The van der Waals surface area contributed by atoms with Crippen molar-refractivity contribution in [1.29, 1.82) is 0 Å². The van der Waals surface area contributed by atoms with E-state index in [2.05, 4.69) is 0 Å². The largest absolute Gasteiger partial charge is 0.508 e. The average Bonchev–Trinajstić information content (AvgIpc) is 2.03. The highest BCUT2D eigenvalue weighted by atomic mass is 16.3. The molecular formula is C10H15NO2. The second-order valence-electron chi connectivity index (χ2n) is 3.33. The van der Waals surface area contributed by atoms with E-state index >= 15 is 0 Å². The molecule has 0 aliphatic heterocycles. The molecule has 3 heteroatoms. The molecule has 1 rings (SSSR count). The summed E-state index contributed by atoms with van der Waals surface area (Å²) in [6, 6.07) is 4.71. The lowest BCUT2D eigenvalue weighted by Gasteiger charge is -2.16. The van der Waals surface area contributed by atoms with Crippen molar-refractivity contribution in [3.63, 3.8) is 0 Å². The molecule has 0 unspecified atom stereocenters. The van der Waals surface area contributed by atoms with Crippen LogP contribution >= 0.6 is 0 Å². The SMILES string of the molecule is Cc1ccc([C@@H](N)[C@H](C)O)c(O)c1. The number of hydrogen-bond donors (Lipinski definition) is 3. The third kappa shape index (κ3) is 2.20. The van der Waals surface area contributed by atoms with Crippen LogP contribution in [0.4, 0.5) is 0 Å². The van der Waals surface area contributed by atoms with Gasteiger partial charge in [0, 0.05) is 5.56 Å². The van der Waals surface area contributed by atoms with E-state index in [-0.39, 0.29) is 5.75 Å². The molecule has 0 saturated carbocycles. The van der Waals surface area contributed by atoms with Crippen molar-refractivity contribution in [2.24, 2.45) is 5.73 Å². The fourth-order valence-corrected chi connectivity index (χ4v) is 1.20. The van der Waals surface area contributed by atoms with Crippen molar-refractivity contribution >= 4 is 0 Å². The highest BCUT2D eigenvalue weighted by Gasteiger charge is 2.15. The molecule has 0 radical (unpaired) electrons. The maximum atomic E-state index is 9.52. The number of phenols is 1. The van der Waals surface area contributed by atoms with Gasteiger partial charge in [-0.25, -0.2) is 0 Å². The molecule has 2 atom stereocenters. The van der Waals surface area contributed by atoms with Gasteiger partial charge in [0.05, 0.1) is 12.1 Å². The maximum absolute atomic E-state index is 9.52. The first-order chi connectivity index (χ1) is 6.02. The van der Waals surface area contributed by atoms with E-state index in [1.807, 2.05) is 13.0 Å². The number of aryl methyl sites for hydroxylation is 1. The molecule has 0 spiro atoms. The summed E-state index contributed by atoms with van der Waals surface area (Å²) in [6.07, 6.45) is -0.659. The molecule has 1 aromatic carbocycles. The minimum atomic E-state index is -0.659. The second-order valence-corrected chi connectivity index (χ2v) is 3.33. The van der Waals surface area contributed by atoms with Crippen molar-refractivity contribution in [3.8, 4) is 5.75 Å². The fraction of sp³-hybridized carbons (Fsp3) is 0.400. The molecule has 1 aromatic rings. The third-order valence-electron chi connectivity index (χ3n) is 2.06. The van der Waals surface area contributed by atoms with Gasteiger partial charge in [-0.05, 0) is 25.5 Å². The zero-order chi connectivity index (χ0) is 10.0. The molecule has 13 heavy (non-hydrogen) atoms. The molecule has 0 amide bonds. The summed E-state index contributed by atoms with van der Waals surface area (Å²) in [5, 5.41) is 18.8. The predicted octanol–water partition coefficient (Wildman–Crippen LogP) is 1.08. The minimum Gasteiger partial charge on any atom is -0.508 e. The monoisotopic (exact) mass is 181 g/mol. The van der Waals surface area contributed by atoms with Crippen LogP contribution in [0.5, 0.6) is 5.75 Å². The molecule has 0 saturated heterocycles. The molecule has 0 heterocycles. The van der Waals surface area contributed by atoms with Crippen LogP contribution in [0.25, 0.3) is 0 Å². The highest BCUT2D eigenvalue weighted by molar-refractivity contribution is 5.38. The summed E-state index contributed by atoms with van der Waals surface area (Å²) in [5.74, 6) is 0.147. The van der Waals surface area contributed by atoms with Crippen molar-refractivity contribution in [3.05, 3.63) is 29.3 Å². The second kappa shape index (κ2) is 3.77. The number of rotatable bonds is 2. The van der Waals surface area contributed by atoms with E-state index in [9.17, 15) is 10.2 Å². The van der Waals surface area contributed by atoms with Crippen LogP contribution in [0.2, 0.25) is 0 Å². The van der Waals surface area contributed by atoms with Gasteiger partial charge in [0.1, 0.15) is 5.75 Å². The van der Waals surface area contributed by atoms with Gasteiger partial charge in [0.25, 0.3) is 0 Å². The van der Waals surface area contributed by atoms with E-state index in [1.165, 1.54) is 0 Å². The molecule has 0 aliphatic rings. The smallest absolute Gasteiger partial charge is 0.120 e. The Kier molecular flexibility index (Phi) is 2.90. The molecule has 72 valence electrons. The van der Waals surface area contributed by atoms with Crippen molar-refractivity contribution in [2.45, 2.75) is 26.0 Å².